The summed E-state index contributed by atoms with van der Waals surface area (Å²) in [5, 5.41) is 6.87. The molecule has 2 N–H and O–H groups in total. The Hall–Kier alpha value is -1.23. The molecule has 1 fully saturated rings. The molecule has 0 saturated heterocycles. The predicted molar refractivity (Wildman–Crippen MR) is 85.4 cm³/mol. The number of carbonyl (C=O) groups excluding carboxylic acids is 1. The van der Waals surface area contributed by atoms with Crippen molar-refractivity contribution in [2.45, 2.75) is 44.4 Å². The predicted octanol–water partition coefficient (Wildman–Crippen LogP) is 2.92. The zero-order chi connectivity index (χ0) is 14.4. The molecule has 1 heterocycles. The van der Waals surface area contributed by atoms with Crippen molar-refractivity contribution in [1.82, 2.24) is 10.3 Å². The van der Waals surface area contributed by atoms with Crippen LogP contribution in [0.3, 0.4) is 0 Å². The summed E-state index contributed by atoms with van der Waals surface area (Å²) in [5.41, 5.74) is 1.45. The van der Waals surface area contributed by atoms with Crippen LogP contribution in [0.15, 0.2) is 18.3 Å². The van der Waals surface area contributed by atoms with E-state index in [2.05, 4.69) is 22.5 Å². The van der Waals surface area contributed by atoms with Gasteiger partial charge < -0.3 is 10.6 Å². The SMILES string of the molecule is CCNc1ccc(C(=O)NC2CCCC2SCC)nc1. The molecule has 1 aliphatic rings. The van der Waals surface area contributed by atoms with Crippen molar-refractivity contribution in [3.05, 3.63) is 24.0 Å². The smallest absolute Gasteiger partial charge is 0.270 e. The lowest BCUT2D eigenvalue weighted by molar-refractivity contribution is 0.0933. The highest BCUT2D eigenvalue weighted by molar-refractivity contribution is 7.99. The Labute approximate surface area is 125 Å². The van der Waals surface area contributed by atoms with Crippen molar-refractivity contribution < 1.29 is 4.79 Å². The Kier molecular flexibility index (Phi) is 5.71. The van der Waals surface area contributed by atoms with Gasteiger partial charge in [-0.3, -0.25) is 4.79 Å². The minimum atomic E-state index is -0.0540. The number of carbonyl (C=O) groups is 1. The van der Waals surface area contributed by atoms with E-state index in [1.54, 1.807) is 12.3 Å². The molecule has 0 aromatic carbocycles. The van der Waals surface area contributed by atoms with Gasteiger partial charge in [0.05, 0.1) is 11.9 Å². The van der Waals surface area contributed by atoms with Gasteiger partial charge in [0.2, 0.25) is 0 Å². The molecule has 1 aliphatic carbocycles. The van der Waals surface area contributed by atoms with Gasteiger partial charge in [0, 0.05) is 17.8 Å². The van der Waals surface area contributed by atoms with E-state index < -0.39 is 0 Å². The van der Waals surface area contributed by atoms with Crippen molar-refractivity contribution in [2.75, 3.05) is 17.6 Å². The molecule has 0 radical (unpaired) electrons. The molecule has 5 heteroatoms. The van der Waals surface area contributed by atoms with Gasteiger partial charge in [-0.1, -0.05) is 13.3 Å². The lowest BCUT2D eigenvalue weighted by atomic mass is 10.2. The third-order valence-electron chi connectivity index (χ3n) is 3.53. The second-order valence-electron chi connectivity index (χ2n) is 4.97. The fraction of sp³-hybridized carbons (Fsp3) is 0.600. The highest BCUT2D eigenvalue weighted by Crippen LogP contribution is 2.30. The lowest BCUT2D eigenvalue weighted by Crippen LogP contribution is -2.39. The molecule has 4 nitrogen and oxygen atoms in total. The van der Waals surface area contributed by atoms with E-state index in [0.29, 0.717) is 17.0 Å². The zero-order valence-electron chi connectivity index (χ0n) is 12.2. The summed E-state index contributed by atoms with van der Waals surface area (Å²) in [6.07, 6.45) is 5.20. The van der Waals surface area contributed by atoms with Gasteiger partial charge in [0.1, 0.15) is 5.69 Å². The molecule has 2 unspecified atom stereocenters. The molecule has 20 heavy (non-hydrogen) atoms. The first-order valence-electron chi connectivity index (χ1n) is 7.37. The number of hydrogen-bond donors (Lipinski definition) is 2. The molecule has 1 aromatic heterocycles. The fourth-order valence-electron chi connectivity index (χ4n) is 2.58. The minimum Gasteiger partial charge on any atom is -0.384 e. The lowest BCUT2D eigenvalue weighted by Gasteiger charge is -2.19. The van der Waals surface area contributed by atoms with Crippen molar-refractivity contribution >= 4 is 23.4 Å². The summed E-state index contributed by atoms with van der Waals surface area (Å²) in [5.74, 6) is 1.05. The molecule has 1 saturated carbocycles. The van der Waals surface area contributed by atoms with Gasteiger partial charge in [-0.2, -0.15) is 11.8 Å². The third kappa shape index (κ3) is 3.88. The number of aromatic nitrogens is 1. The second-order valence-corrected chi connectivity index (χ2v) is 6.48. The largest absolute Gasteiger partial charge is 0.384 e. The van der Waals surface area contributed by atoms with Crippen molar-refractivity contribution in [2.24, 2.45) is 0 Å². The van der Waals surface area contributed by atoms with Crippen LogP contribution in [-0.2, 0) is 0 Å². The molecule has 1 amide bonds. The second kappa shape index (κ2) is 7.53. The summed E-state index contributed by atoms with van der Waals surface area (Å²) < 4.78 is 0. The summed E-state index contributed by atoms with van der Waals surface area (Å²) >= 11 is 1.95. The number of amides is 1. The van der Waals surface area contributed by atoms with Gasteiger partial charge in [0.15, 0.2) is 0 Å². The monoisotopic (exact) mass is 293 g/mol. The van der Waals surface area contributed by atoms with E-state index in [0.717, 1.165) is 24.4 Å². The molecule has 110 valence electrons. The Morgan fingerprint density at radius 1 is 1.40 bits per heavy atom. The highest BCUT2D eigenvalue weighted by atomic mass is 32.2. The highest BCUT2D eigenvalue weighted by Gasteiger charge is 2.28. The summed E-state index contributed by atoms with van der Waals surface area (Å²) in [7, 11) is 0. The number of hydrogen-bond acceptors (Lipinski definition) is 4. The quantitative estimate of drug-likeness (QED) is 0.847. The van der Waals surface area contributed by atoms with E-state index in [9.17, 15) is 4.79 Å². The molecular weight excluding hydrogens is 270 g/mol. The molecular formula is C15H23N3OS. The number of pyridine rings is 1. The first-order chi connectivity index (χ1) is 9.74. The van der Waals surface area contributed by atoms with E-state index >= 15 is 0 Å². The Bertz CT molecular complexity index is 435. The minimum absolute atomic E-state index is 0.0540. The van der Waals surface area contributed by atoms with Gasteiger partial charge in [-0.05, 0) is 37.7 Å². The summed E-state index contributed by atoms with van der Waals surface area (Å²) in [6, 6.07) is 3.98. The fourth-order valence-corrected chi connectivity index (χ4v) is 3.78. The van der Waals surface area contributed by atoms with Crippen LogP contribution in [0.25, 0.3) is 0 Å². The maximum atomic E-state index is 12.2. The maximum Gasteiger partial charge on any atom is 0.270 e. The summed E-state index contributed by atoms with van der Waals surface area (Å²) in [4.78, 5) is 16.4. The van der Waals surface area contributed by atoms with E-state index in [1.165, 1.54) is 12.8 Å². The van der Waals surface area contributed by atoms with Crippen LogP contribution in [0.4, 0.5) is 5.69 Å². The van der Waals surface area contributed by atoms with Gasteiger partial charge in [0.25, 0.3) is 5.91 Å². The van der Waals surface area contributed by atoms with Gasteiger partial charge in [-0.15, -0.1) is 0 Å². The molecule has 0 bridgehead atoms. The maximum absolute atomic E-state index is 12.2. The topological polar surface area (TPSA) is 54.0 Å². The zero-order valence-corrected chi connectivity index (χ0v) is 13.0. The first kappa shape index (κ1) is 15.2. The van der Waals surface area contributed by atoms with Gasteiger partial charge in [-0.25, -0.2) is 4.98 Å². The molecule has 0 aliphatic heterocycles. The first-order valence-corrected chi connectivity index (χ1v) is 8.41. The number of thioether (sulfide) groups is 1. The molecule has 2 rings (SSSR count). The summed E-state index contributed by atoms with van der Waals surface area (Å²) in [6.45, 7) is 5.06. The number of anilines is 1. The van der Waals surface area contributed by atoms with Gasteiger partial charge >= 0.3 is 0 Å². The van der Waals surface area contributed by atoms with E-state index in [4.69, 9.17) is 0 Å². The molecule has 2 atom stereocenters. The van der Waals surface area contributed by atoms with Crippen LogP contribution < -0.4 is 10.6 Å². The average molecular weight is 293 g/mol. The third-order valence-corrected chi connectivity index (χ3v) is 4.85. The van der Waals surface area contributed by atoms with Crippen LogP contribution in [0, 0.1) is 0 Å². The average Bonchev–Trinajstić information content (AvgIpc) is 2.88. The Morgan fingerprint density at radius 2 is 2.25 bits per heavy atom. The van der Waals surface area contributed by atoms with Crippen LogP contribution in [-0.4, -0.2) is 34.5 Å². The van der Waals surface area contributed by atoms with Crippen LogP contribution >= 0.6 is 11.8 Å². The van der Waals surface area contributed by atoms with E-state index in [1.807, 2.05) is 24.8 Å². The van der Waals surface area contributed by atoms with Crippen LogP contribution in [0.5, 0.6) is 0 Å². The number of nitrogens with zero attached hydrogens (tertiary/aromatic N) is 1. The van der Waals surface area contributed by atoms with Crippen LogP contribution in [0.1, 0.15) is 43.6 Å². The Balaban J connectivity index is 1.93. The number of nitrogens with one attached hydrogen (secondary N) is 2. The normalized spacial score (nSPS) is 21.7. The Morgan fingerprint density at radius 3 is 2.90 bits per heavy atom. The molecule has 0 spiro atoms. The standard InChI is InChI=1S/C15H23N3OS/c1-3-16-11-8-9-13(17-10-11)15(19)18-12-6-5-7-14(12)20-4-2/h8-10,12,14,16H,3-7H2,1-2H3,(H,18,19). The van der Waals surface area contributed by atoms with E-state index in [-0.39, 0.29) is 5.91 Å². The molecule has 1 aromatic rings. The van der Waals surface area contributed by atoms with Crippen molar-refractivity contribution in [1.29, 1.82) is 0 Å². The van der Waals surface area contributed by atoms with Crippen molar-refractivity contribution in [3.8, 4) is 0 Å². The van der Waals surface area contributed by atoms with Crippen molar-refractivity contribution in [3.63, 3.8) is 0 Å². The number of rotatable bonds is 6. The van der Waals surface area contributed by atoms with Crippen LogP contribution in [0.2, 0.25) is 0 Å².